The molecule has 0 unspecified atom stereocenters. The third-order valence-corrected chi connectivity index (χ3v) is 1.76. The standard InChI is InChI=1S/C9H3F6N/c1-16-7-5(8(10,11)12)3-2-4-6(7)9(13,14)15/h2-4H. The van der Waals surface area contributed by atoms with E-state index in [0.717, 1.165) is 0 Å². The predicted molar refractivity (Wildman–Crippen MR) is 42.7 cm³/mol. The third kappa shape index (κ3) is 2.27. The molecule has 0 bridgehead atoms. The lowest BCUT2D eigenvalue weighted by atomic mass is 10.1. The lowest BCUT2D eigenvalue weighted by Crippen LogP contribution is -2.10. The highest BCUT2D eigenvalue weighted by Crippen LogP contribution is 2.43. The second-order valence-electron chi connectivity index (χ2n) is 2.81. The average Bonchev–Trinajstić information content (AvgIpc) is 2.13. The van der Waals surface area contributed by atoms with Gasteiger partial charge in [-0.3, -0.25) is 0 Å². The summed E-state index contributed by atoms with van der Waals surface area (Å²) in [7, 11) is 0. The predicted octanol–water partition coefficient (Wildman–Crippen LogP) is 4.27. The molecule has 16 heavy (non-hydrogen) atoms. The summed E-state index contributed by atoms with van der Waals surface area (Å²) in [6.07, 6.45) is -9.94. The fourth-order valence-electron chi connectivity index (χ4n) is 1.12. The molecular weight excluding hydrogens is 236 g/mol. The van der Waals surface area contributed by atoms with Gasteiger partial charge in [-0.1, -0.05) is 18.2 Å². The van der Waals surface area contributed by atoms with Gasteiger partial charge < -0.3 is 0 Å². The number of alkyl halides is 6. The zero-order valence-electron chi connectivity index (χ0n) is 7.45. The van der Waals surface area contributed by atoms with Crippen LogP contribution in [0.25, 0.3) is 4.85 Å². The van der Waals surface area contributed by atoms with Crippen molar-refractivity contribution in [1.82, 2.24) is 0 Å². The van der Waals surface area contributed by atoms with Crippen LogP contribution in [0.15, 0.2) is 18.2 Å². The molecule has 1 nitrogen and oxygen atoms in total. The van der Waals surface area contributed by atoms with Gasteiger partial charge in [0.05, 0.1) is 17.7 Å². The van der Waals surface area contributed by atoms with Gasteiger partial charge in [-0.15, -0.1) is 0 Å². The van der Waals surface area contributed by atoms with Gasteiger partial charge in [0.2, 0.25) is 5.69 Å². The summed E-state index contributed by atoms with van der Waals surface area (Å²) in [4.78, 5) is 2.31. The van der Waals surface area contributed by atoms with E-state index in [-0.39, 0.29) is 0 Å². The van der Waals surface area contributed by atoms with E-state index in [0.29, 0.717) is 18.2 Å². The first-order valence-corrected chi connectivity index (χ1v) is 3.83. The van der Waals surface area contributed by atoms with E-state index in [1.165, 1.54) is 0 Å². The van der Waals surface area contributed by atoms with E-state index >= 15 is 0 Å². The molecule has 1 aromatic carbocycles. The highest BCUT2D eigenvalue weighted by molar-refractivity contribution is 5.60. The number of rotatable bonds is 0. The normalized spacial score (nSPS) is 12.3. The molecule has 0 amide bonds. The summed E-state index contributed by atoms with van der Waals surface area (Å²) in [5, 5.41) is 0. The average molecular weight is 239 g/mol. The Morgan fingerprint density at radius 3 is 1.50 bits per heavy atom. The Labute approximate surface area is 86.1 Å². The number of hydrogen-bond acceptors (Lipinski definition) is 0. The summed E-state index contributed by atoms with van der Waals surface area (Å²) >= 11 is 0. The molecule has 0 heterocycles. The minimum atomic E-state index is -4.97. The van der Waals surface area contributed by atoms with Crippen molar-refractivity contribution in [3.63, 3.8) is 0 Å². The Morgan fingerprint density at radius 1 is 0.875 bits per heavy atom. The quantitative estimate of drug-likeness (QED) is 0.470. The Morgan fingerprint density at radius 2 is 1.25 bits per heavy atom. The van der Waals surface area contributed by atoms with Crippen molar-refractivity contribution in [1.29, 1.82) is 0 Å². The summed E-state index contributed by atoms with van der Waals surface area (Å²) in [5.74, 6) is 0. The number of benzene rings is 1. The molecule has 0 aromatic heterocycles. The molecule has 0 aliphatic carbocycles. The maximum Gasteiger partial charge on any atom is 0.407 e. The molecule has 0 aliphatic heterocycles. The van der Waals surface area contributed by atoms with Gasteiger partial charge in [0.1, 0.15) is 0 Å². The van der Waals surface area contributed by atoms with Crippen LogP contribution in [0, 0.1) is 6.57 Å². The van der Waals surface area contributed by atoms with Crippen molar-refractivity contribution in [2.75, 3.05) is 0 Å². The fourth-order valence-corrected chi connectivity index (χ4v) is 1.12. The Bertz CT molecular complexity index is 405. The lowest BCUT2D eigenvalue weighted by Gasteiger charge is -2.13. The summed E-state index contributed by atoms with van der Waals surface area (Å²) in [5.41, 5.74) is -4.56. The molecule has 0 radical (unpaired) electrons. The SMILES string of the molecule is [C-]#[N+]c1c(C(F)(F)F)cccc1C(F)(F)F. The molecule has 0 spiro atoms. The van der Waals surface area contributed by atoms with E-state index in [4.69, 9.17) is 6.57 Å². The molecular formula is C9H3F6N. The molecule has 0 saturated carbocycles. The highest BCUT2D eigenvalue weighted by atomic mass is 19.4. The number of para-hydroxylation sites is 1. The van der Waals surface area contributed by atoms with E-state index in [9.17, 15) is 26.3 Å². The first-order valence-electron chi connectivity index (χ1n) is 3.83. The van der Waals surface area contributed by atoms with Gasteiger partial charge in [0.25, 0.3) is 0 Å². The van der Waals surface area contributed by atoms with Crippen LogP contribution in [-0.4, -0.2) is 0 Å². The fraction of sp³-hybridized carbons (Fsp3) is 0.222. The van der Waals surface area contributed by atoms with E-state index in [1.807, 2.05) is 0 Å². The van der Waals surface area contributed by atoms with Gasteiger partial charge in [-0.2, -0.15) is 26.3 Å². The topological polar surface area (TPSA) is 4.36 Å². The van der Waals surface area contributed by atoms with Crippen LogP contribution in [0.3, 0.4) is 0 Å². The molecule has 0 atom stereocenters. The smallest absolute Gasteiger partial charge is 0.237 e. The monoisotopic (exact) mass is 239 g/mol. The zero-order valence-corrected chi connectivity index (χ0v) is 7.45. The van der Waals surface area contributed by atoms with E-state index in [2.05, 4.69) is 4.85 Å². The number of hydrogen-bond donors (Lipinski definition) is 0. The van der Waals surface area contributed by atoms with Crippen molar-refractivity contribution in [2.45, 2.75) is 12.4 Å². The maximum atomic E-state index is 12.3. The van der Waals surface area contributed by atoms with Gasteiger partial charge in [0.15, 0.2) is 0 Å². The lowest BCUT2D eigenvalue weighted by molar-refractivity contribution is -0.141. The van der Waals surface area contributed by atoms with Gasteiger partial charge >= 0.3 is 12.4 Å². The number of nitrogens with zero attached hydrogens (tertiary/aromatic N) is 1. The minimum Gasteiger partial charge on any atom is -0.237 e. The van der Waals surface area contributed by atoms with Gasteiger partial charge in [-0.25, -0.2) is 4.85 Å². The zero-order chi connectivity index (χ0) is 12.6. The second-order valence-corrected chi connectivity index (χ2v) is 2.81. The second kappa shape index (κ2) is 3.70. The van der Waals surface area contributed by atoms with Crippen LogP contribution >= 0.6 is 0 Å². The van der Waals surface area contributed by atoms with E-state index in [1.54, 1.807) is 0 Å². The van der Waals surface area contributed by atoms with Gasteiger partial charge in [0, 0.05) is 0 Å². The minimum absolute atomic E-state index is 0.447. The first kappa shape index (κ1) is 12.4. The van der Waals surface area contributed by atoms with E-state index < -0.39 is 29.2 Å². The molecule has 0 aliphatic rings. The first-order chi connectivity index (χ1) is 7.18. The van der Waals surface area contributed by atoms with Crippen LogP contribution in [0.1, 0.15) is 11.1 Å². The Balaban J connectivity index is 3.53. The van der Waals surface area contributed by atoms with Crippen molar-refractivity contribution in [2.24, 2.45) is 0 Å². The van der Waals surface area contributed by atoms with Crippen molar-refractivity contribution >= 4 is 5.69 Å². The van der Waals surface area contributed by atoms with Crippen LogP contribution in [0.2, 0.25) is 0 Å². The van der Waals surface area contributed by atoms with Crippen molar-refractivity contribution in [3.05, 3.63) is 40.7 Å². The van der Waals surface area contributed by atoms with Crippen molar-refractivity contribution < 1.29 is 26.3 Å². The molecule has 1 rings (SSSR count). The van der Waals surface area contributed by atoms with Crippen LogP contribution in [0.4, 0.5) is 32.0 Å². The third-order valence-electron chi connectivity index (χ3n) is 1.76. The summed E-state index contributed by atoms with van der Waals surface area (Å²) in [6, 6.07) is 1.52. The number of halogens is 6. The van der Waals surface area contributed by atoms with Crippen LogP contribution in [-0.2, 0) is 12.4 Å². The largest absolute Gasteiger partial charge is 0.407 e. The molecule has 0 fully saturated rings. The molecule has 1 aromatic rings. The Hall–Kier alpha value is -1.71. The highest BCUT2D eigenvalue weighted by Gasteiger charge is 2.40. The Kier molecular flexibility index (Phi) is 2.86. The molecule has 7 heteroatoms. The van der Waals surface area contributed by atoms with Crippen LogP contribution in [0.5, 0.6) is 0 Å². The molecule has 0 N–H and O–H groups in total. The molecule has 86 valence electrons. The van der Waals surface area contributed by atoms with Gasteiger partial charge in [-0.05, 0) is 0 Å². The van der Waals surface area contributed by atoms with Crippen LogP contribution < -0.4 is 0 Å². The molecule has 0 saturated heterocycles. The van der Waals surface area contributed by atoms with Crippen molar-refractivity contribution in [3.8, 4) is 0 Å². The summed E-state index contributed by atoms with van der Waals surface area (Å²) < 4.78 is 73.8. The maximum absolute atomic E-state index is 12.3. The summed E-state index contributed by atoms with van der Waals surface area (Å²) in [6.45, 7) is 6.41.